The van der Waals surface area contributed by atoms with Gasteiger partial charge in [-0.25, -0.2) is 4.79 Å². The van der Waals surface area contributed by atoms with E-state index in [0.29, 0.717) is 51.6 Å². The van der Waals surface area contributed by atoms with Crippen molar-refractivity contribution in [3.63, 3.8) is 0 Å². The second kappa shape index (κ2) is 14.1. The van der Waals surface area contributed by atoms with Crippen LogP contribution in [0.4, 0.5) is 0 Å². The maximum Gasteiger partial charge on any atom is 0.326 e. The van der Waals surface area contributed by atoms with E-state index in [1.54, 1.807) is 6.20 Å². The molecule has 1 aromatic carbocycles. The summed E-state index contributed by atoms with van der Waals surface area (Å²) in [6.45, 7) is 4.56. The maximum atomic E-state index is 13.7. The minimum atomic E-state index is -1.07. The van der Waals surface area contributed by atoms with Crippen molar-refractivity contribution in [1.29, 1.82) is 0 Å². The molecule has 0 bridgehead atoms. The zero-order chi connectivity index (χ0) is 28.5. The second-order valence-corrected chi connectivity index (χ2v) is 10.4. The molecule has 5 unspecified atom stereocenters. The van der Waals surface area contributed by atoms with E-state index < -0.39 is 47.9 Å². The van der Waals surface area contributed by atoms with Crippen molar-refractivity contribution < 1.29 is 24.3 Å². The standard InChI is InChI=1S/C28H42N6O5/c1-3-17(2)24(30)26(36)32-21(11-6-7-13-29)25(35)33-22(27(37)34-14-8-12-23(34)28(38)39)15-18-16-31-20-10-5-4-9-19(18)20/h4-5,9-10,16-17,21-24,31H,3,6-8,11-15,29-30H2,1-2H3,(H,32,36)(H,33,35)(H,38,39). The first-order valence-electron chi connectivity index (χ1n) is 13.8. The van der Waals surface area contributed by atoms with Gasteiger partial charge < -0.3 is 37.1 Å². The third kappa shape index (κ3) is 7.57. The quantitative estimate of drug-likeness (QED) is 0.194. The van der Waals surface area contributed by atoms with Crippen LogP contribution in [0.3, 0.4) is 0 Å². The average molecular weight is 543 g/mol. The maximum absolute atomic E-state index is 13.7. The fourth-order valence-electron chi connectivity index (χ4n) is 5.02. The zero-order valence-electron chi connectivity index (χ0n) is 22.8. The molecule has 3 rings (SSSR count). The molecular weight excluding hydrogens is 500 g/mol. The lowest BCUT2D eigenvalue weighted by molar-refractivity contribution is -0.149. The molecule has 2 aromatic rings. The highest BCUT2D eigenvalue weighted by atomic mass is 16.4. The smallest absolute Gasteiger partial charge is 0.326 e. The zero-order valence-corrected chi connectivity index (χ0v) is 22.8. The number of unbranched alkanes of at least 4 members (excludes halogenated alkanes) is 1. The van der Waals surface area contributed by atoms with Gasteiger partial charge in [0, 0.05) is 30.1 Å². The number of nitrogens with one attached hydrogen (secondary N) is 3. The van der Waals surface area contributed by atoms with Crippen LogP contribution in [-0.4, -0.2) is 75.9 Å². The van der Waals surface area contributed by atoms with Crippen molar-refractivity contribution in [2.24, 2.45) is 17.4 Å². The molecule has 1 aliphatic rings. The van der Waals surface area contributed by atoms with E-state index in [-0.39, 0.29) is 12.3 Å². The molecule has 0 spiro atoms. The van der Waals surface area contributed by atoms with Crippen LogP contribution in [0.25, 0.3) is 10.9 Å². The van der Waals surface area contributed by atoms with Crippen LogP contribution in [-0.2, 0) is 25.6 Å². The topological polar surface area (TPSA) is 184 Å². The number of aromatic nitrogens is 1. The molecule has 5 atom stereocenters. The number of amides is 3. The Balaban J connectivity index is 1.86. The summed E-state index contributed by atoms with van der Waals surface area (Å²) in [6, 6.07) is 3.98. The van der Waals surface area contributed by atoms with Gasteiger partial charge in [0.05, 0.1) is 6.04 Å². The summed E-state index contributed by atoms with van der Waals surface area (Å²) in [7, 11) is 0. The molecule has 3 amide bonds. The minimum Gasteiger partial charge on any atom is -0.480 e. The Labute approximate surface area is 229 Å². The van der Waals surface area contributed by atoms with Gasteiger partial charge in [-0.05, 0) is 56.2 Å². The Kier molecular flexibility index (Phi) is 10.9. The van der Waals surface area contributed by atoms with Crippen LogP contribution in [0.5, 0.6) is 0 Å². The number of carboxylic acid groups (broad SMARTS) is 1. The number of carbonyl (C=O) groups excluding carboxylic acids is 3. The lowest BCUT2D eigenvalue weighted by Gasteiger charge is -2.29. The number of aliphatic carboxylic acids is 1. The average Bonchev–Trinajstić information content (AvgIpc) is 3.58. The van der Waals surface area contributed by atoms with Gasteiger partial charge in [0.1, 0.15) is 18.1 Å². The first-order chi connectivity index (χ1) is 18.7. The summed E-state index contributed by atoms with van der Waals surface area (Å²) in [5.41, 5.74) is 13.5. The molecule has 11 heteroatoms. The van der Waals surface area contributed by atoms with Gasteiger partial charge in [-0.2, -0.15) is 0 Å². The van der Waals surface area contributed by atoms with Gasteiger partial charge in [-0.3, -0.25) is 14.4 Å². The number of H-pyrrole nitrogens is 1. The highest BCUT2D eigenvalue weighted by molar-refractivity contribution is 5.95. The molecule has 1 aliphatic heterocycles. The Morgan fingerprint density at radius 3 is 2.54 bits per heavy atom. The van der Waals surface area contributed by atoms with Crippen molar-refractivity contribution >= 4 is 34.6 Å². The molecule has 1 fully saturated rings. The van der Waals surface area contributed by atoms with E-state index >= 15 is 0 Å². The minimum absolute atomic E-state index is 0.0722. The number of fused-ring (bicyclic) bond motifs is 1. The molecule has 2 heterocycles. The summed E-state index contributed by atoms with van der Waals surface area (Å²) in [4.78, 5) is 56.5. The molecular formula is C28H42N6O5. The van der Waals surface area contributed by atoms with Gasteiger partial charge in [0.2, 0.25) is 17.7 Å². The van der Waals surface area contributed by atoms with Crippen molar-refractivity contribution in [2.45, 2.75) is 83.0 Å². The van der Waals surface area contributed by atoms with E-state index in [1.807, 2.05) is 38.1 Å². The molecule has 1 saturated heterocycles. The number of nitrogens with zero attached hydrogens (tertiary/aromatic N) is 1. The van der Waals surface area contributed by atoms with Gasteiger partial charge in [-0.1, -0.05) is 38.5 Å². The summed E-state index contributed by atoms with van der Waals surface area (Å²) < 4.78 is 0. The number of para-hydroxylation sites is 1. The number of nitrogens with two attached hydrogens (primary N) is 2. The van der Waals surface area contributed by atoms with Gasteiger partial charge in [0.15, 0.2) is 0 Å². The van der Waals surface area contributed by atoms with Crippen LogP contribution >= 0.6 is 0 Å². The van der Waals surface area contributed by atoms with Gasteiger partial charge >= 0.3 is 5.97 Å². The number of likely N-dealkylation sites (tertiary alicyclic amines) is 1. The van der Waals surface area contributed by atoms with Crippen LogP contribution in [0.15, 0.2) is 30.5 Å². The first kappa shape index (κ1) is 30.1. The van der Waals surface area contributed by atoms with Crippen LogP contribution in [0.2, 0.25) is 0 Å². The number of benzene rings is 1. The van der Waals surface area contributed by atoms with Gasteiger partial charge in [0.25, 0.3) is 0 Å². The Morgan fingerprint density at radius 1 is 1.13 bits per heavy atom. The Morgan fingerprint density at radius 2 is 1.85 bits per heavy atom. The number of carboxylic acids is 1. The predicted molar refractivity (Wildman–Crippen MR) is 149 cm³/mol. The van der Waals surface area contributed by atoms with E-state index in [0.717, 1.165) is 16.5 Å². The highest BCUT2D eigenvalue weighted by Crippen LogP contribution is 2.23. The Bertz CT molecular complexity index is 1150. The largest absolute Gasteiger partial charge is 0.480 e. The van der Waals surface area contributed by atoms with Crippen molar-refractivity contribution in [3.8, 4) is 0 Å². The van der Waals surface area contributed by atoms with Crippen LogP contribution in [0.1, 0.15) is 57.9 Å². The summed E-state index contributed by atoms with van der Waals surface area (Å²) in [5.74, 6) is -2.54. The lowest BCUT2D eigenvalue weighted by atomic mass is 9.98. The summed E-state index contributed by atoms with van der Waals surface area (Å²) in [5, 5.41) is 16.2. The van der Waals surface area contributed by atoms with Crippen LogP contribution in [0, 0.1) is 5.92 Å². The molecule has 214 valence electrons. The summed E-state index contributed by atoms with van der Waals surface area (Å²) in [6.07, 6.45) is 5.19. The summed E-state index contributed by atoms with van der Waals surface area (Å²) >= 11 is 0. The third-order valence-corrected chi connectivity index (χ3v) is 7.67. The molecule has 8 N–H and O–H groups in total. The number of rotatable bonds is 14. The van der Waals surface area contributed by atoms with Crippen LogP contribution < -0.4 is 22.1 Å². The normalized spacial score (nSPS) is 18.4. The molecule has 11 nitrogen and oxygen atoms in total. The molecule has 0 saturated carbocycles. The van der Waals surface area contributed by atoms with E-state index in [4.69, 9.17) is 11.5 Å². The SMILES string of the molecule is CCC(C)C(N)C(=O)NC(CCCCN)C(=O)NC(Cc1c[nH]c2ccccc12)C(=O)N1CCCC1C(=O)O. The third-order valence-electron chi connectivity index (χ3n) is 7.67. The Hall–Kier alpha value is -3.44. The first-order valence-corrected chi connectivity index (χ1v) is 13.8. The molecule has 39 heavy (non-hydrogen) atoms. The molecule has 0 radical (unpaired) electrons. The molecule has 1 aromatic heterocycles. The number of aromatic amines is 1. The van der Waals surface area contributed by atoms with Gasteiger partial charge in [-0.15, -0.1) is 0 Å². The van der Waals surface area contributed by atoms with Crippen molar-refractivity contribution in [3.05, 3.63) is 36.0 Å². The van der Waals surface area contributed by atoms with E-state index in [2.05, 4.69) is 15.6 Å². The van der Waals surface area contributed by atoms with Crippen molar-refractivity contribution in [2.75, 3.05) is 13.1 Å². The number of carbonyl (C=O) groups is 4. The second-order valence-electron chi connectivity index (χ2n) is 10.4. The van der Waals surface area contributed by atoms with E-state index in [9.17, 15) is 24.3 Å². The number of hydrogen-bond donors (Lipinski definition) is 6. The lowest BCUT2D eigenvalue weighted by Crippen LogP contribution is -2.58. The molecule has 0 aliphatic carbocycles. The number of hydrogen-bond acceptors (Lipinski definition) is 6. The van der Waals surface area contributed by atoms with Crippen molar-refractivity contribution in [1.82, 2.24) is 20.5 Å². The predicted octanol–water partition coefficient (Wildman–Crippen LogP) is 1.26. The monoisotopic (exact) mass is 542 g/mol. The fraction of sp³-hybridized carbons (Fsp3) is 0.571. The fourth-order valence-corrected chi connectivity index (χ4v) is 5.02. The highest BCUT2D eigenvalue weighted by Gasteiger charge is 2.38. The van der Waals surface area contributed by atoms with E-state index in [1.165, 1.54) is 4.90 Å².